The fourth-order valence-electron chi connectivity index (χ4n) is 3.49. The van der Waals surface area contributed by atoms with Crippen LogP contribution in [0.1, 0.15) is 31.9 Å². The van der Waals surface area contributed by atoms with Gasteiger partial charge in [-0.1, -0.05) is 19.9 Å². The molecule has 3 atom stereocenters. The number of carbonyl (C=O) groups is 3. The SMILES string of the molecule is CN[C@@H](C)C(=O)N[C@H](C(=O)N1c2ncccc2C[C@@H]1OC(=O)Nc1cnccc1C)C(C)C. The molecule has 33 heavy (non-hydrogen) atoms. The van der Waals surface area contributed by atoms with E-state index in [1.807, 2.05) is 26.8 Å². The Morgan fingerprint density at radius 3 is 2.61 bits per heavy atom. The van der Waals surface area contributed by atoms with Crippen molar-refractivity contribution in [1.82, 2.24) is 20.6 Å². The van der Waals surface area contributed by atoms with Crippen LogP contribution in [0.2, 0.25) is 0 Å². The van der Waals surface area contributed by atoms with Crippen molar-refractivity contribution < 1.29 is 19.1 Å². The van der Waals surface area contributed by atoms with Crippen LogP contribution in [0.25, 0.3) is 0 Å². The molecule has 1 aliphatic heterocycles. The summed E-state index contributed by atoms with van der Waals surface area (Å²) in [6.45, 7) is 7.23. The zero-order chi connectivity index (χ0) is 24.1. The number of pyridine rings is 2. The van der Waals surface area contributed by atoms with E-state index in [2.05, 4.69) is 25.9 Å². The van der Waals surface area contributed by atoms with Gasteiger partial charge in [0.1, 0.15) is 11.9 Å². The van der Waals surface area contributed by atoms with Crippen molar-refractivity contribution in [2.45, 2.75) is 52.4 Å². The highest BCUT2D eigenvalue weighted by atomic mass is 16.6. The first-order valence-electron chi connectivity index (χ1n) is 10.9. The molecule has 3 amide bonds. The van der Waals surface area contributed by atoms with E-state index in [0.29, 0.717) is 17.9 Å². The molecule has 3 rings (SSSR count). The lowest BCUT2D eigenvalue weighted by molar-refractivity contribution is -0.130. The number of fused-ring (bicyclic) bond motifs is 1. The van der Waals surface area contributed by atoms with E-state index in [9.17, 15) is 14.4 Å². The van der Waals surface area contributed by atoms with E-state index in [4.69, 9.17) is 4.74 Å². The first kappa shape index (κ1) is 24.1. The Morgan fingerprint density at radius 2 is 1.94 bits per heavy atom. The van der Waals surface area contributed by atoms with Crippen LogP contribution < -0.4 is 20.9 Å². The largest absolute Gasteiger partial charge is 0.424 e. The van der Waals surface area contributed by atoms with E-state index in [-0.39, 0.29) is 11.8 Å². The molecule has 0 fully saturated rings. The maximum Gasteiger partial charge on any atom is 0.413 e. The summed E-state index contributed by atoms with van der Waals surface area (Å²) in [7, 11) is 1.67. The van der Waals surface area contributed by atoms with E-state index >= 15 is 0 Å². The van der Waals surface area contributed by atoms with E-state index in [1.54, 1.807) is 38.5 Å². The Labute approximate surface area is 193 Å². The standard InChI is InChI=1S/C23H30N6O4/c1-13(2)19(28-21(30)15(4)24-5)22(31)29-18(11-16-7-6-9-26-20(16)29)33-23(32)27-17-12-25-10-8-14(17)3/h6-10,12-13,15,18-19,24H,11H2,1-5H3,(H,27,32)(H,28,30)/t15-,18-,19-/m0/s1. The fourth-order valence-corrected chi connectivity index (χ4v) is 3.49. The maximum atomic E-state index is 13.6. The number of anilines is 2. The van der Waals surface area contributed by atoms with Crippen molar-refractivity contribution in [2.24, 2.45) is 5.92 Å². The lowest BCUT2D eigenvalue weighted by Gasteiger charge is -2.31. The monoisotopic (exact) mass is 454 g/mol. The van der Waals surface area contributed by atoms with Gasteiger partial charge in [0.2, 0.25) is 5.91 Å². The molecule has 3 N–H and O–H groups in total. The second kappa shape index (κ2) is 10.4. The van der Waals surface area contributed by atoms with Crippen LogP contribution in [0.15, 0.2) is 36.8 Å². The Kier molecular flexibility index (Phi) is 7.59. The Morgan fingerprint density at radius 1 is 1.18 bits per heavy atom. The number of hydrogen-bond acceptors (Lipinski definition) is 7. The number of likely N-dealkylation sites (N-methyl/N-ethyl adjacent to an activating group) is 1. The summed E-state index contributed by atoms with van der Waals surface area (Å²) in [5.74, 6) is -0.480. The van der Waals surface area contributed by atoms with Gasteiger partial charge in [0.15, 0.2) is 6.23 Å². The van der Waals surface area contributed by atoms with Crippen LogP contribution in [-0.4, -0.2) is 53.2 Å². The third kappa shape index (κ3) is 5.46. The average molecular weight is 455 g/mol. The molecule has 0 saturated carbocycles. The Balaban J connectivity index is 1.83. The molecule has 1 aliphatic rings. The zero-order valence-electron chi connectivity index (χ0n) is 19.5. The van der Waals surface area contributed by atoms with Crippen LogP contribution >= 0.6 is 0 Å². The predicted molar refractivity (Wildman–Crippen MR) is 124 cm³/mol. The third-order valence-electron chi connectivity index (χ3n) is 5.59. The van der Waals surface area contributed by atoms with Crippen molar-refractivity contribution in [3.8, 4) is 0 Å². The van der Waals surface area contributed by atoms with Crippen LogP contribution in [0.4, 0.5) is 16.3 Å². The fraction of sp³-hybridized carbons (Fsp3) is 0.435. The van der Waals surface area contributed by atoms with Gasteiger partial charge in [0.05, 0.1) is 17.9 Å². The normalized spacial score (nSPS) is 16.7. The van der Waals surface area contributed by atoms with Crippen molar-refractivity contribution in [1.29, 1.82) is 0 Å². The van der Waals surface area contributed by atoms with Gasteiger partial charge in [-0.25, -0.2) is 9.78 Å². The van der Waals surface area contributed by atoms with Gasteiger partial charge < -0.3 is 15.4 Å². The maximum absolute atomic E-state index is 13.6. The summed E-state index contributed by atoms with van der Waals surface area (Å²) in [4.78, 5) is 48.5. The summed E-state index contributed by atoms with van der Waals surface area (Å²) in [6.07, 6.45) is 3.40. The molecule has 2 aromatic rings. The quantitative estimate of drug-likeness (QED) is 0.584. The van der Waals surface area contributed by atoms with Crippen LogP contribution in [0.3, 0.4) is 0 Å². The number of aromatic nitrogens is 2. The molecule has 0 aromatic carbocycles. The summed E-state index contributed by atoms with van der Waals surface area (Å²) in [6, 6.07) is 4.07. The molecule has 0 unspecified atom stereocenters. The lowest BCUT2D eigenvalue weighted by atomic mass is 10.0. The number of hydrogen-bond donors (Lipinski definition) is 3. The summed E-state index contributed by atoms with van der Waals surface area (Å²) < 4.78 is 5.65. The summed E-state index contributed by atoms with van der Waals surface area (Å²) in [5, 5.41) is 8.34. The summed E-state index contributed by atoms with van der Waals surface area (Å²) >= 11 is 0. The van der Waals surface area contributed by atoms with Gasteiger partial charge in [-0.15, -0.1) is 0 Å². The second-order valence-electron chi connectivity index (χ2n) is 8.31. The molecule has 0 radical (unpaired) electrons. The van der Waals surface area contributed by atoms with Gasteiger partial charge in [0, 0.05) is 24.4 Å². The topological polar surface area (TPSA) is 126 Å². The number of rotatable bonds is 7. The van der Waals surface area contributed by atoms with Crippen LogP contribution in [0, 0.1) is 12.8 Å². The molecule has 10 heteroatoms. The van der Waals surface area contributed by atoms with Gasteiger partial charge in [-0.2, -0.15) is 0 Å². The smallest absolute Gasteiger partial charge is 0.413 e. The highest BCUT2D eigenvalue weighted by Gasteiger charge is 2.41. The molecule has 0 aliphatic carbocycles. The number of nitrogens with one attached hydrogen (secondary N) is 3. The molecule has 176 valence electrons. The van der Waals surface area contributed by atoms with E-state index in [1.165, 1.54) is 11.1 Å². The molecule has 2 aromatic heterocycles. The van der Waals surface area contributed by atoms with Crippen molar-refractivity contribution >= 4 is 29.4 Å². The second-order valence-corrected chi connectivity index (χ2v) is 8.31. The first-order valence-corrected chi connectivity index (χ1v) is 10.9. The van der Waals surface area contributed by atoms with Crippen LogP contribution in [-0.2, 0) is 20.7 Å². The lowest BCUT2D eigenvalue weighted by Crippen LogP contribution is -2.56. The van der Waals surface area contributed by atoms with Crippen LogP contribution in [0.5, 0.6) is 0 Å². The summed E-state index contributed by atoms with van der Waals surface area (Å²) in [5.41, 5.74) is 2.12. The van der Waals surface area contributed by atoms with Gasteiger partial charge in [-0.3, -0.25) is 24.8 Å². The number of aryl methyl sites for hydroxylation is 1. The molecule has 0 bridgehead atoms. The Hall–Kier alpha value is -3.53. The average Bonchev–Trinajstić information content (AvgIpc) is 3.15. The molecule has 10 nitrogen and oxygen atoms in total. The predicted octanol–water partition coefficient (Wildman–Crippen LogP) is 2.00. The van der Waals surface area contributed by atoms with Crippen molar-refractivity contribution in [2.75, 3.05) is 17.3 Å². The number of ether oxygens (including phenoxy) is 1. The molecule has 3 heterocycles. The Bertz CT molecular complexity index is 1030. The number of amides is 3. The first-order chi connectivity index (χ1) is 15.7. The molecule has 0 saturated heterocycles. The van der Waals surface area contributed by atoms with Crippen molar-refractivity contribution in [3.05, 3.63) is 47.9 Å². The number of nitrogens with zero attached hydrogens (tertiary/aromatic N) is 3. The zero-order valence-corrected chi connectivity index (χ0v) is 19.5. The van der Waals surface area contributed by atoms with E-state index in [0.717, 1.165) is 11.1 Å². The minimum absolute atomic E-state index is 0.203. The molecular formula is C23H30N6O4. The number of carbonyl (C=O) groups excluding carboxylic acids is 3. The molecular weight excluding hydrogens is 424 g/mol. The third-order valence-corrected chi connectivity index (χ3v) is 5.59. The minimum atomic E-state index is -0.903. The minimum Gasteiger partial charge on any atom is -0.424 e. The van der Waals surface area contributed by atoms with Gasteiger partial charge in [0.25, 0.3) is 5.91 Å². The highest BCUT2D eigenvalue weighted by molar-refractivity contribution is 6.01. The highest BCUT2D eigenvalue weighted by Crippen LogP contribution is 2.32. The van der Waals surface area contributed by atoms with Gasteiger partial charge in [-0.05, 0) is 44.5 Å². The molecule has 0 spiro atoms. The van der Waals surface area contributed by atoms with Crippen molar-refractivity contribution in [3.63, 3.8) is 0 Å². The van der Waals surface area contributed by atoms with E-state index < -0.39 is 30.3 Å². The van der Waals surface area contributed by atoms with Gasteiger partial charge >= 0.3 is 6.09 Å².